The largest absolute Gasteiger partial charge is 0.496 e. The Kier molecular flexibility index (Phi) is 9.37. The third-order valence-electron chi connectivity index (χ3n) is 6.39. The van der Waals surface area contributed by atoms with Gasteiger partial charge in [0.1, 0.15) is 5.75 Å². The van der Waals surface area contributed by atoms with Crippen LogP contribution < -0.4 is 20.7 Å². The smallest absolute Gasteiger partial charge is 0.225 e. The van der Waals surface area contributed by atoms with Crippen LogP contribution in [0.3, 0.4) is 0 Å². The van der Waals surface area contributed by atoms with Crippen LogP contribution in [0.4, 0.5) is 5.69 Å². The highest BCUT2D eigenvalue weighted by atomic mass is 127. The number of anilines is 1. The predicted octanol–water partition coefficient (Wildman–Crippen LogP) is 3.74. The van der Waals surface area contributed by atoms with Crippen LogP contribution in [0.1, 0.15) is 42.3 Å². The molecule has 1 amide bonds. The van der Waals surface area contributed by atoms with Crippen LogP contribution in [-0.4, -0.2) is 57.1 Å². The number of fused-ring (bicyclic) bond motifs is 1. The summed E-state index contributed by atoms with van der Waals surface area (Å²) in [7, 11) is 3.51. The van der Waals surface area contributed by atoms with Crippen molar-refractivity contribution in [3.05, 3.63) is 59.7 Å². The summed E-state index contributed by atoms with van der Waals surface area (Å²) < 4.78 is 5.65. The normalized spacial score (nSPS) is 19.2. The molecule has 178 valence electrons. The van der Waals surface area contributed by atoms with E-state index >= 15 is 0 Å². The SMILES string of the molecule is CN=C(NCC1CC(=O)Nc2ccccc21)NCC(c1ccccc1OC)N1CCCC1.I. The van der Waals surface area contributed by atoms with Crippen LogP contribution in [0.15, 0.2) is 53.5 Å². The minimum atomic E-state index is 0. The molecule has 1 saturated heterocycles. The van der Waals surface area contributed by atoms with Crippen LogP contribution in [-0.2, 0) is 4.79 Å². The number of carbonyl (C=O) groups excluding carboxylic acids is 1. The fourth-order valence-corrected chi connectivity index (χ4v) is 4.75. The van der Waals surface area contributed by atoms with Crippen molar-refractivity contribution in [2.75, 3.05) is 45.7 Å². The quantitative estimate of drug-likeness (QED) is 0.272. The number of hydrogen-bond acceptors (Lipinski definition) is 4. The van der Waals surface area contributed by atoms with Gasteiger partial charge in [0.2, 0.25) is 5.91 Å². The third-order valence-corrected chi connectivity index (χ3v) is 6.39. The predicted molar refractivity (Wildman–Crippen MR) is 144 cm³/mol. The van der Waals surface area contributed by atoms with Gasteiger partial charge in [-0.2, -0.15) is 0 Å². The Labute approximate surface area is 213 Å². The van der Waals surface area contributed by atoms with Crippen molar-refractivity contribution in [1.29, 1.82) is 0 Å². The van der Waals surface area contributed by atoms with Gasteiger partial charge < -0.3 is 20.7 Å². The molecule has 33 heavy (non-hydrogen) atoms. The van der Waals surface area contributed by atoms with Crippen LogP contribution in [0.5, 0.6) is 5.75 Å². The van der Waals surface area contributed by atoms with Gasteiger partial charge in [-0.15, -0.1) is 24.0 Å². The number of likely N-dealkylation sites (tertiary alicyclic amines) is 1. The van der Waals surface area contributed by atoms with Crippen molar-refractivity contribution in [2.24, 2.45) is 4.99 Å². The summed E-state index contributed by atoms with van der Waals surface area (Å²) in [5, 5.41) is 9.91. The molecular weight excluding hydrogens is 529 g/mol. The molecule has 0 aliphatic carbocycles. The number of halogens is 1. The molecule has 2 heterocycles. The number of para-hydroxylation sites is 2. The number of methoxy groups -OCH3 is 1. The van der Waals surface area contributed by atoms with E-state index < -0.39 is 0 Å². The monoisotopic (exact) mass is 563 g/mol. The molecule has 7 nitrogen and oxygen atoms in total. The topological polar surface area (TPSA) is 78.0 Å². The van der Waals surface area contributed by atoms with Gasteiger partial charge in [0, 0.05) is 43.7 Å². The number of aliphatic imine (C=N–C) groups is 1. The summed E-state index contributed by atoms with van der Waals surface area (Å²) in [4.78, 5) is 19.1. The van der Waals surface area contributed by atoms with E-state index in [1.165, 1.54) is 24.0 Å². The zero-order valence-electron chi connectivity index (χ0n) is 19.3. The Morgan fingerprint density at radius 3 is 2.64 bits per heavy atom. The minimum absolute atomic E-state index is 0. The molecule has 2 aliphatic rings. The Morgan fingerprint density at radius 1 is 1.15 bits per heavy atom. The van der Waals surface area contributed by atoms with Crippen molar-refractivity contribution in [3.63, 3.8) is 0 Å². The molecule has 0 radical (unpaired) electrons. The summed E-state index contributed by atoms with van der Waals surface area (Å²) >= 11 is 0. The molecule has 0 saturated carbocycles. The number of nitrogens with zero attached hydrogens (tertiary/aromatic N) is 2. The summed E-state index contributed by atoms with van der Waals surface area (Å²) in [6.45, 7) is 3.55. The number of guanidine groups is 1. The first kappa shape index (κ1) is 25.3. The molecule has 3 N–H and O–H groups in total. The maximum Gasteiger partial charge on any atom is 0.225 e. The van der Waals surface area contributed by atoms with Crippen LogP contribution in [0.2, 0.25) is 0 Å². The fraction of sp³-hybridized carbons (Fsp3) is 0.440. The molecule has 2 atom stereocenters. The lowest BCUT2D eigenvalue weighted by Gasteiger charge is -2.30. The highest BCUT2D eigenvalue weighted by Crippen LogP contribution is 2.32. The first-order valence-electron chi connectivity index (χ1n) is 11.4. The van der Waals surface area contributed by atoms with Crippen molar-refractivity contribution in [1.82, 2.24) is 15.5 Å². The van der Waals surface area contributed by atoms with E-state index in [0.29, 0.717) is 13.0 Å². The van der Waals surface area contributed by atoms with E-state index in [-0.39, 0.29) is 41.8 Å². The van der Waals surface area contributed by atoms with Gasteiger partial charge in [0.25, 0.3) is 0 Å². The average Bonchev–Trinajstić information content (AvgIpc) is 3.36. The van der Waals surface area contributed by atoms with E-state index in [9.17, 15) is 4.79 Å². The molecule has 0 spiro atoms. The van der Waals surface area contributed by atoms with E-state index in [2.05, 4.69) is 44.0 Å². The molecule has 2 aliphatic heterocycles. The number of nitrogens with one attached hydrogen (secondary N) is 3. The van der Waals surface area contributed by atoms with E-state index in [1.807, 2.05) is 30.3 Å². The summed E-state index contributed by atoms with van der Waals surface area (Å²) in [6, 6.07) is 16.5. The Balaban J connectivity index is 0.00000306. The zero-order valence-corrected chi connectivity index (χ0v) is 21.7. The molecule has 2 unspecified atom stereocenters. The average molecular weight is 563 g/mol. The van der Waals surface area contributed by atoms with E-state index in [4.69, 9.17) is 4.74 Å². The lowest BCUT2D eigenvalue weighted by Crippen LogP contribution is -2.44. The van der Waals surface area contributed by atoms with Gasteiger partial charge in [-0.05, 0) is 43.6 Å². The fourth-order valence-electron chi connectivity index (χ4n) is 4.75. The van der Waals surface area contributed by atoms with Crippen LogP contribution in [0, 0.1) is 0 Å². The molecule has 2 aromatic rings. The van der Waals surface area contributed by atoms with Crippen molar-refractivity contribution in [3.8, 4) is 5.75 Å². The lowest BCUT2D eigenvalue weighted by atomic mass is 9.90. The second-order valence-corrected chi connectivity index (χ2v) is 8.37. The molecule has 8 heteroatoms. The molecule has 1 fully saturated rings. The first-order valence-corrected chi connectivity index (χ1v) is 11.4. The highest BCUT2D eigenvalue weighted by Gasteiger charge is 2.27. The van der Waals surface area contributed by atoms with Gasteiger partial charge in [-0.3, -0.25) is 14.7 Å². The number of benzene rings is 2. The van der Waals surface area contributed by atoms with E-state index in [1.54, 1.807) is 14.2 Å². The van der Waals surface area contributed by atoms with Gasteiger partial charge in [-0.25, -0.2) is 0 Å². The van der Waals surface area contributed by atoms with E-state index in [0.717, 1.165) is 37.0 Å². The molecule has 0 bridgehead atoms. The number of amides is 1. The number of carbonyl (C=O) groups is 1. The summed E-state index contributed by atoms with van der Waals surface area (Å²) in [5.74, 6) is 1.83. The second kappa shape index (κ2) is 12.2. The zero-order chi connectivity index (χ0) is 22.3. The molecule has 0 aromatic heterocycles. The molecule has 2 aromatic carbocycles. The summed E-state index contributed by atoms with van der Waals surface area (Å²) in [5.41, 5.74) is 3.26. The minimum Gasteiger partial charge on any atom is -0.496 e. The van der Waals surface area contributed by atoms with Gasteiger partial charge in [0.05, 0.1) is 13.2 Å². The van der Waals surface area contributed by atoms with Crippen LogP contribution >= 0.6 is 24.0 Å². The third kappa shape index (κ3) is 6.17. The standard InChI is InChI=1S/C25H33N5O2.HI/c1-26-25(27-16-18-15-24(31)29-21-11-5-3-9-19(18)21)28-17-22(30-13-7-8-14-30)20-10-4-6-12-23(20)32-2;/h3-6,9-12,18,22H,7-8,13-17H2,1-2H3,(H,29,31)(H2,26,27,28);1H. The van der Waals surface area contributed by atoms with Crippen molar-refractivity contribution in [2.45, 2.75) is 31.2 Å². The summed E-state index contributed by atoms with van der Waals surface area (Å²) in [6.07, 6.45) is 2.92. The molecular formula is C25H34IN5O2. The second-order valence-electron chi connectivity index (χ2n) is 8.37. The number of hydrogen-bond donors (Lipinski definition) is 3. The van der Waals surface area contributed by atoms with Gasteiger partial charge in [-0.1, -0.05) is 36.4 Å². The maximum atomic E-state index is 12.1. The Morgan fingerprint density at radius 2 is 1.88 bits per heavy atom. The van der Waals surface area contributed by atoms with Crippen LogP contribution in [0.25, 0.3) is 0 Å². The number of rotatable bonds is 7. The first-order chi connectivity index (χ1) is 15.7. The molecule has 4 rings (SSSR count). The highest BCUT2D eigenvalue weighted by molar-refractivity contribution is 14.0. The maximum absolute atomic E-state index is 12.1. The lowest BCUT2D eigenvalue weighted by molar-refractivity contribution is -0.116. The van der Waals surface area contributed by atoms with Crippen molar-refractivity contribution < 1.29 is 9.53 Å². The Hall–Kier alpha value is -2.33. The van der Waals surface area contributed by atoms with Crippen molar-refractivity contribution >= 4 is 41.5 Å². The van der Waals surface area contributed by atoms with Gasteiger partial charge in [0.15, 0.2) is 5.96 Å². The van der Waals surface area contributed by atoms with Gasteiger partial charge >= 0.3 is 0 Å². The number of ether oxygens (including phenoxy) is 1. The Bertz CT molecular complexity index is 961.